The summed E-state index contributed by atoms with van der Waals surface area (Å²) < 4.78 is 9.73. The zero-order valence-corrected chi connectivity index (χ0v) is 11.9. The molecule has 0 aromatic heterocycles. The SMILES string of the molecule is COC(=O)C1CC(O)CN1C(=O)Nc1cccc(OC)c1. The summed E-state index contributed by atoms with van der Waals surface area (Å²) >= 11 is 0. The Hall–Kier alpha value is -2.28. The number of nitrogens with zero attached hydrogens (tertiary/aromatic N) is 1. The lowest BCUT2D eigenvalue weighted by Crippen LogP contribution is -2.43. The number of methoxy groups -OCH3 is 2. The highest BCUT2D eigenvalue weighted by molar-refractivity contribution is 5.93. The topological polar surface area (TPSA) is 88.1 Å². The monoisotopic (exact) mass is 294 g/mol. The van der Waals surface area contributed by atoms with Gasteiger partial charge in [-0.15, -0.1) is 0 Å². The van der Waals surface area contributed by atoms with Gasteiger partial charge >= 0.3 is 12.0 Å². The molecule has 7 heteroatoms. The molecule has 1 fully saturated rings. The van der Waals surface area contributed by atoms with Crippen LogP contribution in [0.25, 0.3) is 0 Å². The number of nitrogens with one attached hydrogen (secondary N) is 1. The molecule has 2 rings (SSSR count). The molecule has 7 nitrogen and oxygen atoms in total. The van der Waals surface area contributed by atoms with Crippen molar-refractivity contribution in [1.82, 2.24) is 4.90 Å². The van der Waals surface area contributed by atoms with Gasteiger partial charge in [-0.05, 0) is 12.1 Å². The zero-order chi connectivity index (χ0) is 15.4. The summed E-state index contributed by atoms with van der Waals surface area (Å²) in [7, 11) is 2.79. The third-order valence-corrected chi connectivity index (χ3v) is 3.33. The molecule has 1 aliphatic heterocycles. The fourth-order valence-electron chi connectivity index (χ4n) is 2.29. The Bertz CT molecular complexity index is 534. The highest BCUT2D eigenvalue weighted by Crippen LogP contribution is 2.22. The molecule has 0 spiro atoms. The van der Waals surface area contributed by atoms with E-state index in [2.05, 4.69) is 10.1 Å². The van der Waals surface area contributed by atoms with E-state index in [1.165, 1.54) is 19.1 Å². The quantitative estimate of drug-likeness (QED) is 0.806. The van der Waals surface area contributed by atoms with Crippen LogP contribution in [-0.4, -0.2) is 54.9 Å². The third kappa shape index (κ3) is 3.43. The van der Waals surface area contributed by atoms with Gasteiger partial charge in [0.2, 0.25) is 0 Å². The molecular weight excluding hydrogens is 276 g/mol. The van der Waals surface area contributed by atoms with Gasteiger partial charge in [-0.3, -0.25) is 0 Å². The van der Waals surface area contributed by atoms with Crippen LogP contribution < -0.4 is 10.1 Å². The van der Waals surface area contributed by atoms with Crippen LogP contribution in [0.1, 0.15) is 6.42 Å². The van der Waals surface area contributed by atoms with Crippen LogP contribution >= 0.6 is 0 Å². The first kappa shape index (κ1) is 15.1. The highest BCUT2D eigenvalue weighted by atomic mass is 16.5. The molecule has 1 aromatic rings. The fraction of sp³-hybridized carbons (Fsp3) is 0.429. The van der Waals surface area contributed by atoms with Crippen molar-refractivity contribution in [1.29, 1.82) is 0 Å². The van der Waals surface area contributed by atoms with Crippen molar-refractivity contribution >= 4 is 17.7 Å². The number of carbonyl (C=O) groups is 2. The Labute approximate surface area is 122 Å². The number of esters is 1. The van der Waals surface area contributed by atoms with Crippen molar-refractivity contribution in [3.63, 3.8) is 0 Å². The number of amides is 2. The second kappa shape index (κ2) is 6.45. The Balaban J connectivity index is 2.09. The predicted molar refractivity (Wildman–Crippen MR) is 75.1 cm³/mol. The van der Waals surface area contributed by atoms with Crippen molar-refractivity contribution in [2.75, 3.05) is 26.1 Å². The number of anilines is 1. The number of aliphatic hydroxyl groups excluding tert-OH is 1. The van der Waals surface area contributed by atoms with E-state index in [9.17, 15) is 14.7 Å². The Morgan fingerprint density at radius 2 is 2.14 bits per heavy atom. The minimum atomic E-state index is -0.768. The van der Waals surface area contributed by atoms with E-state index in [4.69, 9.17) is 4.74 Å². The minimum absolute atomic E-state index is 0.0928. The highest BCUT2D eigenvalue weighted by Gasteiger charge is 2.39. The summed E-state index contributed by atoms with van der Waals surface area (Å²) in [5, 5.41) is 12.3. The van der Waals surface area contributed by atoms with Gasteiger partial charge in [-0.2, -0.15) is 0 Å². The van der Waals surface area contributed by atoms with E-state index in [1.807, 2.05) is 0 Å². The number of rotatable bonds is 3. The number of urea groups is 1. The zero-order valence-electron chi connectivity index (χ0n) is 11.9. The maximum atomic E-state index is 12.2. The van der Waals surface area contributed by atoms with E-state index in [0.717, 1.165) is 0 Å². The predicted octanol–water partition coefficient (Wildman–Crippen LogP) is 0.835. The third-order valence-electron chi connectivity index (χ3n) is 3.33. The smallest absolute Gasteiger partial charge is 0.328 e. The number of β-amino-alcohol motifs (C(OH)–C–C–N with tert-alkyl or cyclic N) is 1. The van der Waals surface area contributed by atoms with Crippen LogP contribution in [0, 0.1) is 0 Å². The molecule has 2 unspecified atom stereocenters. The Kier molecular flexibility index (Phi) is 4.64. The summed E-state index contributed by atoms with van der Waals surface area (Å²) in [5.41, 5.74) is 0.546. The molecule has 2 atom stereocenters. The van der Waals surface area contributed by atoms with Crippen LogP contribution in [0.3, 0.4) is 0 Å². The number of aliphatic hydroxyl groups is 1. The van der Waals surface area contributed by atoms with Gasteiger partial charge < -0.3 is 24.8 Å². The molecule has 21 heavy (non-hydrogen) atoms. The number of carbonyl (C=O) groups excluding carboxylic acids is 2. The minimum Gasteiger partial charge on any atom is -0.497 e. The van der Waals surface area contributed by atoms with E-state index in [1.54, 1.807) is 24.3 Å². The largest absolute Gasteiger partial charge is 0.497 e. The van der Waals surface area contributed by atoms with E-state index in [-0.39, 0.29) is 13.0 Å². The molecule has 1 heterocycles. The van der Waals surface area contributed by atoms with Crippen LogP contribution in [-0.2, 0) is 9.53 Å². The maximum absolute atomic E-state index is 12.2. The summed E-state index contributed by atoms with van der Waals surface area (Å²) in [6, 6.07) is 5.64. The van der Waals surface area contributed by atoms with Gasteiger partial charge in [-0.25, -0.2) is 9.59 Å². The van der Waals surface area contributed by atoms with Crippen molar-refractivity contribution in [2.24, 2.45) is 0 Å². The van der Waals surface area contributed by atoms with Gasteiger partial charge in [0.15, 0.2) is 0 Å². The van der Waals surface area contributed by atoms with E-state index >= 15 is 0 Å². The van der Waals surface area contributed by atoms with E-state index < -0.39 is 24.1 Å². The first-order valence-corrected chi connectivity index (χ1v) is 6.52. The molecule has 0 aliphatic carbocycles. The number of hydrogen-bond acceptors (Lipinski definition) is 5. The average Bonchev–Trinajstić information content (AvgIpc) is 2.88. The second-order valence-electron chi connectivity index (χ2n) is 4.74. The van der Waals surface area contributed by atoms with Crippen LogP contribution in [0.5, 0.6) is 5.75 Å². The van der Waals surface area contributed by atoms with Crippen LogP contribution in [0.4, 0.5) is 10.5 Å². The van der Waals surface area contributed by atoms with Crippen LogP contribution in [0.2, 0.25) is 0 Å². The molecule has 1 saturated heterocycles. The standard InChI is InChI=1S/C14H18N2O5/c1-20-11-5-3-4-9(6-11)15-14(19)16-8-10(17)7-12(16)13(18)21-2/h3-6,10,12,17H,7-8H2,1-2H3,(H,15,19). The molecule has 2 N–H and O–H groups in total. The van der Waals surface area contributed by atoms with Crippen molar-refractivity contribution in [2.45, 2.75) is 18.6 Å². The average molecular weight is 294 g/mol. The molecule has 0 radical (unpaired) electrons. The van der Waals surface area contributed by atoms with Crippen molar-refractivity contribution < 1.29 is 24.2 Å². The lowest BCUT2D eigenvalue weighted by Gasteiger charge is -2.22. The fourth-order valence-corrected chi connectivity index (χ4v) is 2.29. The van der Waals surface area contributed by atoms with Gasteiger partial charge in [0.05, 0.1) is 20.3 Å². The lowest BCUT2D eigenvalue weighted by molar-refractivity contribution is -0.144. The first-order valence-electron chi connectivity index (χ1n) is 6.52. The molecule has 2 amide bonds. The lowest BCUT2D eigenvalue weighted by atomic mass is 10.2. The molecule has 0 bridgehead atoms. The number of hydrogen-bond donors (Lipinski definition) is 2. The maximum Gasteiger partial charge on any atom is 0.328 e. The summed E-state index contributed by atoms with van der Waals surface area (Å²) in [6.07, 6.45) is -0.553. The number of likely N-dealkylation sites (tertiary alicyclic amines) is 1. The normalized spacial score (nSPS) is 21.0. The summed E-state index contributed by atoms with van der Waals surface area (Å²) in [4.78, 5) is 25.2. The molecule has 114 valence electrons. The Morgan fingerprint density at radius 1 is 1.38 bits per heavy atom. The van der Waals surface area contributed by atoms with Crippen molar-refractivity contribution in [3.8, 4) is 5.75 Å². The molecular formula is C14H18N2O5. The second-order valence-corrected chi connectivity index (χ2v) is 4.74. The molecule has 0 saturated carbocycles. The van der Waals surface area contributed by atoms with Crippen molar-refractivity contribution in [3.05, 3.63) is 24.3 Å². The van der Waals surface area contributed by atoms with Crippen LogP contribution in [0.15, 0.2) is 24.3 Å². The first-order chi connectivity index (χ1) is 10.0. The van der Waals surface area contributed by atoms with Gasteiger partial charge in [0.25, 0.3) is 0 Å². The number of ether oxygens (including phenoxy) is 2. The summed E-state index contributed by atoms with van der Waals surface area (Å²) in [5.74, 6) is 0.0751. The Morgan fingerprint density at radius 3 is 2.81 bits per heavy atom. The van der Waals surface area contributed by atoms with Gasteiger partial charge in [0.1, 0.15) is 11.8 Å². The van der Waals surface area contributed by atoms with Gasteiger partial charge in [0, 0.05) is 24.7 Å². The van der Waals surface area contributed by atoms with E-state index in [0.29, 0.717) is 11.4 Å². The number of benzene rings is 1. The van der Waals surface area contributed by atoms with Gasteiger partial charge in [-0.1, -0.05) is 6.07 Å². The molecule has 1 aliphatic rings. The summed E-state index contributed by atoms with van der Waals surface area (Å²) in [6.45, 7) is 0.0928. The molecule has 1 aromatic carbocycles.